The topological polar surface area (TPSA) is 78.5 Å². The number of nitrogens with zero attached hydrogens (tertiary/aromatic N) is 3. The number of benzene rings is 2. The van der Waals surface area contributed by atoms with Crippen LogP contribution in [0.2, 0.25) is 0 Å². The first-order valence-electron chi connectivity index (χ1n) is 10.6. The van der Waals surface area contributed by atoms with Crippen LogP contribution in [-0.2, 0) is 9.53 Å². The second-order valence-corrected chi connectivity index (χ2v) is 8.35. The van der Waals surface area contributed by atoms with Crippen molar-refractivity contribution in [2.45, 2.75) is 30.7 Å². The van der Waals surface area contributed by atoms with E-state index in [1.807, 2.05) is 65.6 Å². The van der Waals surface area contributed by atoms with E-state index < -0.39 is 5.72 Å². The summed E-state index contributed by atoms with van der Waals surface area (Å²) in [5.74, 6) is -0.0959. The molecule has 3 atom stereocenters. The Balaban J connectivity index is 1.28. The van der Waals surface area contributed by atoms with E-state index in [4.69, 9.17) is 4.74 Å². The number of hydrogen-bond acceptors (Lipinski definition) is 4. The molecular formula is C24H22N4O3. The lowest BCUT2D eigenvalue weighted by molar-refractivity contribution is -0.138. The van der Waals surface area contributed by atoms with Crippen molar-refractivity contribution < 1.29 is 14.3 Å². The van der Waals surface area contributed by atoms with Gasteiger partial charge in [-0.2, -0.15) is 5.10 Å². The maximum atomic E-state index is 13.3. The Hall–Kier alpha value is -3.45. The normalized spacial score (nSPS) is 26.9. The van der Waals surface area contributed by atoms with Crippen LogP contribution >= 0.6 is 0 Å². The molecule has 1 spiro atoms. The minimum absolute atomic E-state index is 0.0449. The second kappa shape index (κ2) is 6.78. The summed E-state index contributed by atoms with van der Waals surface area (Å²) < 4.78 is 6.30. The fraction of sp³-hybridized carbons (Fsp3) is 0.292. The third-order valence-electron chi connectivity index (χ3n) is 6.78. The van der Waals surface area contributed by atoms with Crippen LogP contribution < -0.4 is 0 Å². The second-order valence-electron chi connectivity index (χ2n) is 8.35. The highest BCUT2D eigenvalue weighted by atomic mass is 16.5. The van der Waals surface area contributed by atoms with Crippen LogP contribution in [0.15, 0.2) is 66.7 Å². The summed E-state index contributed by atoms with van der Waals surface area (Å²) in [6.45, 7) is 1.00. The van der Waals surface area contributed by atoms with Crippen molar-refractivity contribution in [1.29, 1.82) is 0 Å². The van der Waals surface area contributed by atoms with Gasteiger partial charge < -0.3 is 14.5 Å². The molecule has 3 fully saturated rings. The molecule has 31 heavy (non-hydrogen) atoms. The van der Waals surface area contributed by atoms with E-state index in [1.165, 1.54) is 0 Å². The molecule has 7 nitrogen and oxygen atoms in total. The van der Waals surface area contributed by atoms with Gasteiger partial charge in [0.25, 0.3) is 5.91 Å². The fourth-order valence-electron chi connectivity index (χ4n) is 5.35. The van der Waals surface area contributed by atoms with Gasteiger partial charge in [0.2, 0.25) is 5.91 Å². The third-order valence-corrected chi connectivity index (χ3v) is 6.78. The molecule has 3 aromatic rings. The fourth-order valence-corrected chi connectivity index (χ4v) is 5.35. The van der Waals surface area contributed by atoms with Gasteiger partial charge in [0.1, 0.15) is 5.69 Å². The summed E-state index contributed by atoms with van der Waals surface area (Å²) in [4.78, 5) is 30.1. The van der Waals surface area contributed by atoms with E-state index in [-0.39, 0.29) is 30.3 Å². The highest BCUT2D eigenvalue weighted by Gasteiger charge is 2.65. The molecule has 4 heterocycles. The molecule has 2 aromatic carbocycles. The number of likely N-dealkylation sites (tertiary alicyclic amines) is 1. The lowest BCUT2D eigenvalue weighted by atomic mass is 10.0. The van der Waals surface area contributed by atoms with Crippen LogP contribution in [0.25, 0.3) is 11.3 Å². The summed E-state index contributed by atoms with van der Waals surface area (Å²) >= 11 is 0. The predicted molar refractivity (Wildman–Crippen MR) is 113 cm³/mol. The van der Waals surface area contributed by atoms with E-state index in [1.54, 1.807) is 11.0 Å². The van der Waals surface area contributed by atoms with Crippen LogP contribution in [-0.4, -0.2) is 56.7 Å². The van der Waals surface area contributed by atoms with Gasteiger partial charge in [-0.05, 0) is 11.6 Å². The molecule has 6 rings (SSSR count). The van der Waals surface area contributed by atoms with Crippen molar-refractivity contribution in [2.24, 2.45) is 0 Å². The molecule has 0 saturated carbocycles. The number of aromatic amines is 1. The summed E-state index contributed by atoms with van der Waals surface area (Å²) in [7, 11) is 0. The third kappa shape index (κ3) is 2.66. The highest BCUT2D eigenvalue weighted by Crippen LogP contribution is 2.51. The van der Waals surface area contributed by atoms with Gasteiger partial charge in [-0.25, -0.2) is 0 Å². The van der Waals surface area contributed by atoms with E-state index in [2.05, 4.69) is 10.2 Å². The van der Waals surface area contributed by atoms with Crippen LogP contribution in [0, 0.1) is 0 Å². The summed E-state index contributed by atoms with van der Waals surface area (Å²) in [5.41, 5.74) is 2.44. The number of H-pyrrole nitrogens is 1. The molecule has 2 amide bonds. The Kier molecular flexibility index (Phi) is 4.01. The standard InChI is InChI=1S/C24H22N4O3/c29-22-14-21-24(28(22)20(15-31-24)17-9-5-2-6-10-17)11-12-27(21)23(30)19-13-18(25-26-19)16-7-3-1-4-8-16/h1-10,13,20-21H,11-12,14-15H2,(H,25,26)/t20-,21+,24-/m0/s1. The monoisotopic (exact) mass is 414 g/mol. The number of hydrogen-bond donors (Lipinski definition) is 1. The molecule has 156 valence electrons. The number of carbonyl (C=O) groups is 2. The largest absolute Gasteiger partial charge is 0.351 e. The Labute approximate surface area is 179 Å². The van der Waals surface area contributed by atoms with Crippen molar-refractivity contribution in [1.82, 2.24) is 20.0 Å². The average molecular weight is 414 g/mol. The molecule has 1 aromatic heterocycles. The maximum absolute atomic E-state index is 13.3. The highest BCUT2D eigenvalue weighted by molar-refractivity contribution is 5.95. The van der Waals surface area contributed by atoms with Crippen LogP contribution in [0.3, 0.4) is 0 Å². The quantitative estimate of drug-likeness (QED) is 0.715. The molecule has 0 unspecified atom stereocenters. The molecule has 3 saturated heterocycles. The Morgan fingerprint density at radius 1 is 1.10 bits per heavy atom. The SMILES string of the molecule is O=C(c1cc(-c2ccccc2)n[nH]1)N1CC[C@@]23OC[C@@H](c4ccccc4)N2C(=O)C[C@@H]13. The van der Waals surface area contributed by atoms with E-state index in [0.717, 1.165) is 16.8 Å². The van der Waals surface area contributed by atoms with Crippen molar-refractivity contribution in [2.75, 3.05) is 13.2 Å². The van der Waals surface area contributed by atoms with Gasteiger partial charge in [0.15, 0.2) is 5.72 Å². The number of nitrogens with one attached hydrogen (secondary N) is 1. The van der Waals surface area contributed by atoms with Crippen LogP contribution in [0.4, 0.5) is 0 Å². The van der Waals surface area contributed by atoms with Gasteiger partial charge in [0, 0.05) is 18.5 Å². The van der Waals surface area contributed by atoms with Crippen molar-refractivity contribution >= 4 is 11.8 Å². The van der Waals surface area contributed by atoms with Crippen LogP contribution in [0.5, 0.6) is 0 Å². The van der Waals surface area contributed by atoms with Crippen molar-refractivity contribution in [3.8, 4) is 11.3 Å². The molecule has 0 aliphatic carbocycles. The first kappa shape index (κ1) is 18.3. The number of aromatic nitrogens is 2. The van der Waals surface area contributed by atoms with Crippen molar-refractivity contribution in [3.63, 3.8) is 0 Å². The van der Waals surface area contributed by atoms with E-state index >= 15 is 0 Å². The van der Waals surface area contributed by atoms with Gasteiger partial charge in [-0.15, -0.1) is 0 Å². The maximum Gasteiger partial charge on any atom is 0.272 e. The predicted octanol–water partition coefficient (Wildman–Crippen LogP) is 2.99. The first-order valence-corrected chi connectivity index (χ1v) is 10.6. The molecule has 3 aliphatic heterocycles. The van der Waals surface area contributed by atoms with Gasteiger partial charge in [-0.1, -0.05) is 60.7 Å². The number of carbonyl (C=O) groups excluding carboxylic acids is 2. The zero-order valence-corrected chi connectivity index (χ0v) is 16.9. The van der Waals surface area contributed by atoms with Crippen molar-refractivity contribution in [3.05, 3.63) is 78.0 Å². The molecule has 7 heteroatoms. The first-order chi connectivity index (χ1) is 15.2. The zero-order valence-electron chi connectivity index (χ0n) is 16.9. The Morgan fingerprint density at radius 2 is 1.84 bits per heavy atom. The Morgan fingerprint density at radius 3 is 2.61 bits per heavy atom. The molecule has 0 bridgehead atoms. The lowest BCUT2D eigenvalue weighted by Gasteiger charge is -2.33. The molecule has 1 N–H and O–H groups in total. The number of amides is 2. The van der Waals surface area contributed by atoms with Crippen LogP contribution in [0.1, 0.15) is 34.9 Å². The summed E-state index contributed by atoms with van der Waals surface area (Å²) in [6.07, 6.45) is 0.910. The number of rotatable bonds is 3. The zero-order chi connectivity index (χ0) is 21.0. The summed E-state index contributed by atoms with van der Waals surface area (Å²) in [6, 6.07) is 21.1. The smallest absolute Gasteiger partial charge is 0.272 e. The molecule has 0 radical (unpaired) electrons. The lowest BCUT2D eigenvalue weighted by Crippen LogP contribution is -2.49. The summed E-state index contributed by atoms with van der Waals surface area (Å²) in [5, 5.41) is 7.20. The van der Waals surface area contributed by atoms with E-state index in [9.17, 15) is 9.59 Å². The van der Waals surface area contributed by atoms with Gasteiger partial charge in [-0.3, -0.25) is 14.7 Å². The number of ether oxygens (including phenoxy) is 1. The average Bonchev–Trinajstić information content (AvgIpc) is 3.56. The van der Waals surface area contributed by atoms with Gasteiger partial charge >= 0.3 is 0 Å². The van der Waals surface area contributed by atoms with Gasteiger partial charge in [0.05, 0.1) is 30.8 Å². The minimum Gasteiger partial charge on any atom is -0.351 e. The Bertz CT molecular complexity index is 1150. The van der Waals surface area contributed by atoms with E-state index in [0.29, 0.717) is 25.3 Å². The minimum atomic E-state index is -0.727. The molecule has 3 aliphatic rings. The molecular weight excluding hydrogens is 392 g/mol.